The number of benzene rings is 2. The van der Waals surface area contributed by atoms with Crippen molar-refractivity contribution in [2.75, 3.05) is 36.4 Å². The summed E-state index contributed by atoms with van der Waals surface area (Å²) >= 11 is 0. The van der Waals surface area contributed by atoms with Crippen LogP contribution in [0, 0.1) is 27.7 Å². The maximum Gasteiger partial charge on any atom is 0.321 e. The fourth-order valence-corrected chi connectivity index (χ4v) is 3.69. The van der Waals surface area contributed by atoms with Crippen molar-refractivity contribution in [3.63, 3.8) is 0 Å². The lowest BCUT2D eigenvalue weighted by molar-refractivity contribution is 0.208. The summed E-state index contributed by atoms with van der Waals surface area (Å²) in [6, 6.07) is 12.5. The number of nitrogens with zero attached hydrogens (tertiary/aromatic N) is 2. The van der Waals surface area contributed by atoms with Gasteiger partial charge in [-0.15, -0.1) is 0 Å². The van der Waals surface area contributed by atoms with Crippen LogP contribution in [0.1, 0.15) is 22.3 Å². The Morgan fingerprint density at radius 2 is 1.44 bits per heavy atom. The second kappa shape index (κ2) is 7.18. The van der Waals surface area contributed by atoms with Crippen LogP contribution >= 0.6 is 0 Å². The highest BCUT2D eigenvalue weighted by atomic mass is 16.2. The number of hydrogen-bond donors (Lipinski definition) is 1. The Kier molecular flexibility index (Phi) is 4.98. The lowest BCUT2D eigenvalue weighted by Crippen LogP contribution is -2.50. The summed E-state index contributed by atoms with van der Waals surface area (Å²) in [4.78, 5) is 16.9. The fourth-order valence-electron chi connectivity index (χ4n) is 3.69. The number of nitrogens with one attached hydrogen (secondary N) is 1. The van der Waals surface area contributed by atoms with Crippen LogP contribution < -0.4 is 10.2 Å². The molecule has 0 bridgehead atoms. The number of rotatable bonds is 2. The zero-order valence-electron chi connectivity index (χ0n) is 15.6. The molecule has 2 aromatic carbocycles. The average molecular weight is 337 g/mol. The smallest absolute Gasteiger partial charge is 0.321 e. The Labute approximate surface area is 150 Å². The quantitative estimate of drug-likeness (QED) is 0.888. The first-order valence-corrected chi connectivity index (χ1v) is 8.89. The SMILES string of the molecule is Cc1cc(C)cc(NC(=O)N2CCN(c3c(C)cccc3C)CC2)c1. The van der Waals surface area contributed by atoms with Gasteiger partial charge in [-0.25, -0.2) is 4.79 Å². The third-order valence-electron chi connectivity index (χ3n) is 4.80. The van der Waals surface area contributed by atoms with E-state index in [0.717, 1.165) is 43.0 Å². The summed E-state index contributed by atoms with van der Waals surface area (Å²) in [5, 5.41) is 3.04. The van der Waals surface area contributed by atoms with E-state index in [2.05, 4.69) is 48.3 Å². The first kappa shape index (κ1) is 17.3. The molecule has 1 aliphatic heterocycles. The van der Waals surface area contributed by atoms with E-state index in [-0.39, 0.29) is 6.03 Å². The summed E-state index contributed by atoms with van der Waals surface area (Å²) < 4.78 is 0. The minimum atomic E-state index is -0.00819. The van der Waals surface area contributed by atoms with Crippen LogP contribution in [0.2, 0.25) is 0 Å². The highest BCUT2D eigenvalue weighted by Crippen LogP contribution is 2.25. The van der Waals surface area contributed by atoms with Crippen molar-refractivity contribution >= 4 is 17.4 Å². The van der Waals surface area contributed by atoms with E-state index in [4.69, 9.17) is 0 Å². The van der Waals surface area contributed by atoms with Crippen molar-refractivity contribution in [3.05, 3.63) is 58.7 Å². The maximum absolute atomic E-state index is 12.6. The predicted octanol–water partition coefficient (Wildman–Crippen LogP) is 4.27. The van der Waals surface area contributed by atoms with Gasteiger partial charge in [0.1, 0.15) is 0 Å². The zero-order valence-corrected chi connectivity index (χ0v) is 15.6. The van der Waals surface area contributed by atoms with E-state index < -0.39 is 0 Å². The number of para-hydroxylation sites is 1. The van der Waals surface area contributed by atoms with Crippen molar-refractivity contribution in [1.82, 2.24) is 4.90 Å². The largest absolute Gasteiger partial charge is 0.368 e. The van der Waals surface area contributed by atoms with Gasteiger partial charge in [-0.1, -0.05) is 24.3 Å². The van der Waals surface area contributed by atoms with E-state index in [0.29, 0.717) is 0 Å². The molecule has 0 spiro atoms. The Bertz CT molecular complexity index is 736. The number of urea groups is 1. The van der Waals surface area contributed by atoms with Crippen molar-refractivity contribution in [2.24, 2.45) is 0 Å². The highest BCUT2D eigenvalue weighted by Gasteiger charge is 2.23. The number of anilines is 2. The summed E-state index contributed by atoms with van der Waals surface area (Å²) in [5.74, 6) is 0. The second-order valence-electron chi connectivity index (χ2n) is 7.02. The van der Waals surface area contributed by atoms with Crippen LogP contribution in [-0.2, 0) is 0 Å². The molecule has 4 heteroatoms. The molecule has 1 N–H and O–H groups in total. The Balaban J connectivity index is 1.63. The van der Waals surface area contributed by atoms with Crippen LogP contribution in [-0.4, -0.2) is 37.1 Å². The summed E-state index contributed by atoms with van der Waals surface area (Å²) in [7, 11) is 0. The van der Waals surface area contributed by atoms with E-state index >= 15 is 0 Å². The van der Waals surface area contributed by atoms with Gasteiger partial charge < -0.3 is 15.1 Å². The molecular weight excluding hydrogens is 310 g/mol. The minimum absolute atomic E-state index is 0.00819. The van der Waals surface area contributed by atoms with Gasteiger partial charge in [0.2, 0.25) is 0 Å². The first-order chi connectivity index (χ1) is 11.9. The van der Waals surface area contributed by atoms with Crippen LogP contribution in [0.25, 0.3) is 0 Å². The third-order valence-corrected chi connectivity index (χ3v) is 4.80. The average Bonchev–Trinajstić information content (AvgIpc) is 2.54. The first-order valence-electron chi connectivity index (χ1n) is 8.89. The third kappa shape index (κ3) is 3.95. The highest BCUT2D eigenvalue weighted by molar-refractivity contribution is 5.89. The summed E-state index contributed by atoms with van der Waals surface area (Å²) in [5.41, 5.74) is 7.11. The van der Waals surface area contributed by atoms with Crippen molar-refractivity contribution in [3.8, 4) is 0 Å². The molecule has 132 valence electrons. The van der Waals surface area contributed by atoms with Gasteiger partial charge in [0.05, 0.1) is 0 Å². The molecule has 2 amide bonds. The Morgan fingerprint density at radius 1 is 0.880 bits per heavy atom. The van der Waals surface area contributed by atoms with Crippen LogP contribution in [0.3, 0.4) is 0 Å². The van der Waals surface area contributed by atoms with Crippen molar-refractivity contribution in [1.29, 1.82) is 0 Å². The van der Waals surface area contributed by atoms with Crippen LogP contribution in [0.4, 0.5) is 16.2 Å². The van der Waals surface area contributed by atoms with Gasteiger partial charge in [0.15, 0.2) is 0 Å². The molecule has 0 radical (unpaired) electrons. The molecule has 1 aliphatic rings. The molecule has 3 rings (SSSR count). The standard InChI is InChI=1S/C21H27N3O/c1-15-12-16(2)14-19(13-15)22-21(25)24-10-8-23(9-11-24)20-17(3)6-5-7-18(20)4/h5-7,12-14H,8-11H2,1-4H3,(H,22,25). The van der Waals surface area contributed by atoms with Gasteiger partial charge in [-0.2, -0.15) is 0 Å². The van der Waals surface area contributed by atoms with Crippen molar-refractivity contribution < 1.29 is 4.79 Å². The number of carbonyl (C=O) groups excluding carboxylic acids is 1. The van der Waals surface area contributed by atoms with Gasteiger partial charge >= 0.3 is 6.03 Å². The number of hydrogen-bond acceptors (Lipinski definition) is 2. The topological polar surface area (TPSA) is 35.6 Å². The number of amides is 2. The Morgan fingerprint density at radius 3 is 2.00 bits per heavy atom. The number of aryl methyl sites for hydroxylation is 4. The molecule has 0 unspecified atom stereocenters. The fraction of sp³-hybridized carbons (Fsp3) is 0.381. The number of piperazine rings is 1. The van der Waals surface area contributed by atoms with E-state index in [1.54, 1.807) is 0 Å². The van der Waals surface area contributed by atoms with Crippen molar-refractivity contribution in [2.45, 2.75) is 27.7 Å². The van der Waals surface area contributed by atoms with Crippen LogP contribution in [0.5, 0.6) is 0 Å². The molecule has 0 atom stereocenters. The molecule has 0 aliphatic carbocycles. The molecule has 25 heavy (non-hydrogen) atoms. The lowest BCUT2D eigenvalue weighted by atomic mass is 10.1. The Hall–Kier alpha value is -2.49. The summed E-state index contributed by atoms with van der Waals surface area (Å²) in [6.07, 6.45) is 0. The van der Waals surface area contributed by atoms with E-state index in [1.807, 2.05) is 30.9 Å². The van der Waals surface area contributed by atoms with Crippen LogP contribution in [0.15, 0.2) is 36.4 Å². The van der Waals surface area contributed by atoms with E-state index in [9.17, 15) is 4.79 Å². The molecule has 1 fully saturated rings. The second-order valence-corrected chi connectivity index (χ2v) is 7.02. The van der Waals surface area contributed by atoms with Gasteiger partial charge in [0.25, 0.3) is 0 Å². The lowest BCUT2D eigenvalue weighted by Gasteiger charge is -2.37. The normalized spacial score (nSPS) is 14.6. The molecule has 4 nitrogen and oxygen atoms in total. The number of carbonyl (C=O) groups is 1. The summed E-state index contributed by atoms with van der Waals surface area (Å²) in [6.45, 7) is 11.6. The minimum Gasteiger partial charge on any atom is -0.368 e. The molecular formula is C21H27N3O. The molecule has 0 aromatic heterocycles. The predicted molar refractivity (Wildman–Crippen MR) is 105 cm³/mol. The molecule has 1 saturated heterocycles. The van der Waals surface area contributed by atoms with E-state index in [1.165, 1.54) is 16.8 Å². The van der Waals surface area contributed by atoms with Gasteiger partial charge in [-0.3, -0.25) is 0 Å². The molecule has 2 aromatic rings. The zero-order chi connectivity index (χ0) is 18.0. The molecule has 0 saturated carbocycles. The monoisotopic (exact) mass is 337 g/mol. The molecule has 1 heterocycles. The van der Waals surface area contributed by atoms with Gasteiger partial charge in [-0.05, 0) is 62.1 Å². The maximum atomic E-state index is 12.6. The van der Waals surface area contributed by atoms with Gasteiger partial charge in [0, 0.05) is 37.6 Å².